The van der Waals surface area contributed by atoms with Crippen molar-refractivity contribution in [2.24, 2.45) is 0 Å². The van der Waals surface area contributed by atoms with Crippen LogP contribution in [0.25, 0.3) is 0 Å². The van der Waals surface area contributed by atoms with E-state index in [0.717, 1.165) is 32.5 Å². The molecule has 0 saturated carbocycles. The summed E-state index contributed by atoms with van der Waals surface area (Å²) in [6.45, 7) is 9.74. The molecule has 1 N–H and O–H groups in total. The first-order chi connectivity index (χ1) is 8.66. The van der Waals surface area contributed by atoms with E-state index in [1.807, 2.05) is 4.90 Å². The Balaban J connectivity index is 1.66. The molecule has 0 spiro atoms. The third kappa shape index (κ3) is 3.69. The van der Waals surface area contributed by atoms with E-state index in [2.05, 4.69) is 24.1 Å². The lowest BCUT2D eigenvalue weighted by molar-refractivity contribution is -0.129. The van der Waals surface area contributed by atoms with Crippen molar-refractivity contribution in [3.05, 3.63) is 0 Å². The van der Waals surface area contributed by atoms with Crippen molar-refractivity contribution in [2.45, 2.75) is 51.6 Å². The zero-order chi connectivity index (χ0) is 13.0. The summed E-state index contributed by atoms with van der Waals surface area (Å²) < 4.78 is 0. The SMILES string of the molecule is CC(C)NC1CCN(CCCN2CCCC2)C1=O. The molecular formula is C14H27N3O. The van der Waals surface area contributed by atoms with Crippen molar-refractivity contribution in [1.82, 2.24) is 15.1 Å². The van der Waals surface area contributed by atoms with E-state index in [0.29, 0.717) is 11.9 Å². The molecule has 0 aromatic carbocycles. The van der Waals surface area contributed by atoms with E-state index in [4.69, 9.17) is 0 Å². The molecule has 2 aliphatic rings. The van der Waals surface area contributed by atoms with Gasteiger partial charge in [-0.15, -0.1) is 0 Å². The second-order valence-electron chi connectivity index (χ2n) is 5.89. The minimum absolute atomic E-state index is 0.0665. The maximum atomic E-state index is 12.1. The monoisotopic (exact) mass is 253 g/mol. The number of carbonyl (C=O) groups excluding carboxylic acids is 1. The van der Waals surface area contributed by atoms with Crippen LogP contribution in [0.1, 0.15) is 39.5 Å². The van der Waals surface area contributed by atoms with Crippen LogP contribution >= 0.6 is 0 Å². The van der Waals surface area contributed by atoms with Crippen LogP contribution in [0.3, 0.4) is 0 Å². The molecule has 2 saturated heterocycles. The molecule has 104 valence electrons. The summed E-state index contributed by atoms with van der Waals surface area (Å²) in [4.78, 5) is 16.7. The molecular weight excluding hydrogens is 226 g/mol. The lowest BCUT2D eigenvalue weighted by atomic mass is 10.2. The van der Waals surface area contributed by atoms with Crippen LogP contribution in [-0.4, -0.2) is 60.5 Å². The van der Waals surface area contributed by atoms with Gasteiger partial charge in [-0.3, -0.25) is 4.79 Å². The van der Waals surface area contributed by atoms with Crippen molar-refractivity contribution in [3.63, 3.8) is 0 Å². The molecule has 4 heteroatoms. The zero-order valence-corrected chi connectivity index (χ0v) is 11.8. The van der Waals surface area contributed by atoms with Gasteiger partial charge < -0.3 is 15.1 Å². The molecule has 1 atom stereocenters. The molecule has 2 fully saturated rings. The summed E-state index contributed by atoms with van der Waals surface area (Å²) in [5.41, 5.74) is 0. The molecule has 2 aliphatic heterocycles. The number of rotatable bonds is 6. The van der Waals surface area contributed by atoms with Gasteiger partial charge in [-0.05, 0) is 45.3 Å². The third-order valence-corrected chi connectivity index (χ3v) is 3.93. The van der Waals surface area contributed by atoms with Gasteiger partial charge in [-0.2, -0.15) is 0 Å². The molecule has 4 nitrogen and oxygen atoms in total. The van der Waals surface area contributed by atoms with E-state index in [9.17, 15) is 4.79 Å². The Hall–Kier alpha value is -0.610. The predicted molar refractivity (Wildman–Crippen MR) is 73.5 cm³/mol. The number of carbonyl (C=O) groups is 1. The second-order valence-corrected chi connectivity index (χ2v) is 5.89. The van der Waals surface area contributed by atoms with Gasteiger partial charge in [0, 0.05) is 19.1 Å². The number of amides is 1. The van der Waals surface area contributed by atoms with Gasteiger partial charge >= 0.3 is 0 Å². The highest BCUT2D eigenvalue weighted by Crippen LogP contribution is 2.13. The van der Waals surface area contributed by atoms with E-state index < -0.39 is 0 Å². The molecule has 18 heavy (non-hydrogen) atoms. The maximum Gasteiger partial charge on any atom is 0.239 e. The summed E-state index contributed by atoms with van der Waals surface area (Å²) in [7, 11) is 0. The molecule has 0 bridgehead atoms. The summed E-state index contributed by atoms with van der Waals surface area (Å²) in [5.74, 6) is 0.310. The minimum Gasteiger partial charge on any atom is -0.341 e. The Morgan fingerprint density at radius 1 is 1.22 bits per heavy atom. The van der Waals surface area contributed by atoms with Crippen molar-refractivity contribution in [3.8, 4) is 0 Å². The Bertz CT molecular complexity index is 274. The van der Waals surface area contributed by atoms with Crippen molar-refractivity contribution in [1.29, 1.82) is 0 Å². The van der Waals surface area contributed by atoms with Crippen LogP contribution in [0.2, 0.25) is 0 Å². The quantitative estimate of drug-likeness (QED) is 0.769. The Morgan fingerprint density at radius 2 is 1.94 bits per heavy atom. The smallest absolute Gasteiger partial charge is 0.239 e. The van der Waals surface area contributed by atoms with Crippen LogP contribution in [0, 0.1) is 0 Å². The van der Waals surface area contributed by atoms with E-state index >= 15 is 0 Å². The standard InChI is InChI=1S/C14H27N3O/c1-12(2)15-13-6-11-17(14(13)18)10-5-9-16-7-3-4-8-16/h12-13,15H,3-11H2,1-2H3. The summed E-state index contributed by atoms with van der Waals surface area (Å²) in [6.07, 6.45) is 4.80. The average Bonchev–Trinajstić information content (AvgIpc) is 2.93. The van der Waals surface area contributed by atoms with Gasteiger partial charge in [0.1, 0.15) is 0 Å². The van der Waals surface area contributed by atoms with Crippen molar-refractivity contribution < 1.29 is 4.79 Å². The number of hydrogen-bond acceptors (Lipinski definition) is 3. The van der Waals surface area contributed by atoms with Crippen LogP contribution in [0.4, 0.5) is 0 Å². The molecule has 0 aromatic rings. The summed E-state index contributed by atoms with van der Waals surface area (Å²) in [5, 5.41) is 3.35. The first-order valence-corrected chi connectivity index (χ1v) is 7.44. The van der Waals surface area contributed by atoms with Gasteiger partial charge in [-0.1, -0.05) is 13.8 Å². The summed E-state index contributed by atoms with van der Waals surface area (Å²) >= 11 is 0. The highest BCUT2D eigenvalue weighted by Gasteiger charge is 2.31. The first-order valence-electron chi connectivity index (χ1n) is 7.44. The molecule has 0 aliphatic carbocycles. The fraction of sp³-hybridized carbons (Fsp3) is 0.929. The van der Waals surface area contributed by atoms with Gasteiger partial charge in [-0.25, -0.2) is 0 Å². The Kier molecular flexibility index (Phi) is 5.01. The normalized spacial score (nSPS) is 25.6. The van der Waals surface area contributed by atoms with Crippen molar-refractivity contribution in [2.75, 3.05) is 32.7 Å². The molecule has 1 amide bonds. The molecule has 0 aromatic heterocycles. The summed E-state index contributed by atoms with van der Waals surface area (Å²) in [6, 6.07) is 0.459. The van der Waals surface area contributed by atoms with E-state index in [1.54, 1.807) is 0 Å². The second kappa shape index (κ2) is 6.53. The minimum atomic E-state index is 0.0665. The molecule has 0 radical (unpaired) electrons. The Morgan fingerprint density at radius 3 is 2.61 bits per heavy atom. The van der Waals surface area contributed by atoms with Crippen molar-refractivity contribution >= 4 is 5.91 Å². The lowest BCUT2D eigenvalue weighted by Gasteiger charge is -2.20. The van der Waals surface area contributed by atoms with Gasteiger partial charge in [0.2, 0.25) is 5.91 Å². The highest BCUT2D eigenvalue weighted by atomic mass is 16.2. The van der Waals surface area contributed by atoms with Crippen LogP contribution in [-0.2, 0) is 4.79 Å². The number of nitrogens with one attached hydrogen (secondary N) is 1. The molecule has 1 unspecified atom stereocenters. The van der Waals surface area contributed by atoms with Crippen LogP contribution < -0.4 is 5.32 Å². The van der Waals surface area contributed by atoms with E-state index in [1.165, 1.54) is 25.9 Å². The maximum absolute atomic E-state index is 12.1. The highest BCUT2D eigenvalue weighted by molar-refractivity contribution is 5.83. The first kappa shape index (κ1) is 13.8. The lowest BCUT2D eigenvalue weighted by Crippen LogP contribution is -2.42. The van der Waals surface area contributed by atoms with Crippen LogP contribution in [0.5, 0.6) is 0 Å². The largest absolute Gasteiger partial charge is 0.341 e. The number of likely N-dealkylation sites (tertiary alicyclic amines) is 2. The number of hydrogen-bond donors (Lipinski definition) is 1. The Labute approximate surface area is 111 Å². The van der Waals surface area contributed by atoms with Gasteiger partial charge in [0.15, 0.2) is 0 Å². The third-order valence-electron chi connectivity index (χ3n) is 3.93. The topological polar surface area (TPSA) is 35.6 Å². The fourth-order valence-corrected chi connectivity index (χ4v) is 3.01. The van der Waals surface area contributed by atoms with Gasteiger partial charge in [0.05, 0.1) is 6.04 Å². The van der Waals surface area contributed by atoms with Crippen LogP contribution in [0.15, 0.2) is 0 Å². The number of nitrogens with zero attached hydrogens (tertiary/aromatic N) is 2. The molecule has 2 heterocycles. The van der Waals surface area contributed by atoms with E-state index in [-0.39, 0.29) is 6.04 Å². The molecule has 2 rings (SSSR count). The fourth-order valence-electron chi connectivity index (χ4n) is 3.01. The van der Waals surface area contributed by atoms with Gasteiger partial charge in [0.25, 0.3) is 0 Å². The average molecular weight is 253 g/mol. The zero-order valence-electron chi connectivity index (χ0n) is 11.8. The predicted octanol–water partition coefficient (Wildman–Crippen LogP) is 1.07.